The highest BCUT2D eigenvalue weighted by Gasteiger charge is 2.36. The van der Waals surface area contributed by atoms with Gasteiger partial charge in [0.1, 0.15) is 4.21 Å². The summed E-state index contributed by atoms with van der Waals surface area (Å²) in [7, 11) is 0.0251. The van der Waals surface area contributed by atoms with Crippen molar-refractivity contribution in [1.82, 2.24) is 33.8 Å². The van der Waals surface area contributed by atoms with E-state index in [1.165, 1.54) is 15.6 Å². The Hall–Kier alpha value is -3.06. The number of nitrogens with zero attached hydrogens (tertiary/aromatic N) is 6. The monoisotopic (exact) mass is 524 g/mol. The summed E-state index contributed by atoms with van der Waals surface area (Å²) in [6.07, 6.45) is 12.6. The normalized spacial score (nSPS) is 16.6. The average molecular weight is 525 g/mol. The van der Waals surface area contributed by atoms with Crippen LogP contribution in [0.3, 0.4) is 0 Å². The predicted molar refractivity (Wildman–Crippen MR) is 141 cm³/mol. The number of nitrogens with one attached hydrogen (secondary N) is 2. The summed E-state index contributed by atoms with van der Waals surface area (Å²) in [4.78, 5) is 9.60. The second-order valence-corrected chi connectivity index (χ2v) is 12.6. The van der Waals surface area contributed by atoms with Crippen LogP contribution in [0, 0.1) is 6.92 Å². The van der Waals surface area contributed by atoms with Crippen LogP contribution in [0.4, 0.5) is 10.8 Å². The van der Waals surface area contributed by atoms with Crippen LogP contribution in [0.2, 0.25) is 0 Å². The molecule has 2 aliphatic rings. The smallest absolute Gasteiger partial charge is 0.252 e. The minimum atomic E-state index is -3.53. The van der Waals surface area contributed by atoms with Gasteiger partial charge in [-0.1, -0.05) is 6.08 Å². The molecule has 0 unspecified atom stereocenters. The minimum absolute atomic E-state index is 0.110. The quantitative estimate of drug-likeness (QED) is 0.381. The van der Waals surface area contributed by atoms with Crippen molar-refractivity contribution in [3.8, 4) is 11.3 Å². The molecule has 10 nitrogen and oxygen atoms in total. The largest absolute Gasteiger partial charge is 0.329 e. The maximum Gasteiger partial charge on any atom is 0.252 e. The van der Waals surface area contributed by atoms with Gasteiger partial charge in [0.05, 0.1) is 28.8 Å². The number of imidazole rings is 1. The standard InChI is InChI=1S/C24H28N8O2S2/c1-15-9-21(35-24(15)36(33,34)31(3)18-6-7-18)29-22-23-26-12-20(17-11-27-30(2)13-17)32(23)14-19(28-22)16-5-4-8-25-10-16/h5,9,11-14,18,25H,4,6-8,10H2,1-3H3,(H,28,29). The van der Waals surface area contributed by atoms with Crippen molar-refractivity contribution >= 4 is 43.4 Å². The van der Waals surface area contributed by atoms with Crippen LogP contribution < -0.4 is 10.6 Å². The SMILES string of the molecule is Cc1cc(Nc2nc(C3=CCCNC3)cn3c(-c4cnn(C)c4)cnc23)sc1S(=O)(=O)N(C)C1CC1. The van der Waals surface area contributed by atoms with E-state index < -0.39 is 10.0 Å². The molecule has 0 bridgehead atoms. The van der Waals surface area contributed by atoms with Crippen molar-refractivity contribution in [3.63, 3.8) is 0 Å². The fourth-order valence-corrected chi connectivity index (χ4v) is 7.67. The lowest BCUT2D eigenvalue weighted by Crippen LogP contribution is -2.28. The summed E-state index contributed by atoms with van der Waals surface area (Å²) in [5.41, 5.74) is 5.20. The Morgan fingerprint density at radius 2 is 2.08 bits per heavy atom. The molecule has 188 valence electrons. The van der Waals surface area contributed by atoms with Gasteiger partial charge in [0, 0.05) is 44.6 Å². The maximum atomic E-state index is 13.2. The fraction of sp³-hybridized carbons (Fsp3) is 0.375. The second kappa shape index (κ2) is 8.80. The zero-order valence-corrected chi connectivity index (χ0v) is 22.0. The van der Waals surface area contributed by atoms with Gasteiger partial charge in [0.25, 0.3) is 10.0 Å². The lowest BCUT2D eigenvalue weighted by Gasteiger charge is -2.16. The molecule has 0 atom stereocenters. The van der Waals surface area contributed by atoms with Gasteiger partial charge in [-0.25, -0.2) is 18.4 Å². The lowest BCUT2D eigenvalue weighted by atomic mass is 10.1. The van der Waals surface area contributed by atoms with Crippen molar-refractivity contribution in [2.45, 2.75) is 36.4 Å². The van der Waals surface area contributed by atoms with Gasteiger partial charge in [0.2, 0.25) is 0 Å². The van der Waals surface area contributed by atoms with Gasteiger partial charge in [-0.05, 0) is 49.9 Å². The molecule has 1 fully saturated rings. The third-order valence-electron chi connectivity index (χ3n) is 6.64. The molecule has 12 heteroatoms. The molecule has 0 radical (unpaired) electrons. The number of fused-ring (bicyclic) bond motifs is 1. The molecule has 1 aliphatic carbocycles. The van der Waals surface area contributed by atoms with Gasteiger partial charge >= 0.3 is 0 Å². The topological polar surface area (TPSA) is 109 Å². The van der Waals surface area contributed by atoms with E-state index in [0.29, 0.717) is 20.7 Å². The van der Waals surface area contributed by atoms with E-state index >= 15 is 0 Å². The first-order valence-corrected chi connectivity index (χ1v) is 14.2. The number of rotatable bonds is 7. The summed E-state index contributed by atoms with van der Waals surface area (Å²) in [5.74, 6) is 0.579. The van der Waals surface area contributed by atoms with Crippen molar-refractivity contribution < 1.29 is 8.42 Å². The molecule has 4 aromatic rings. The molecular weight excluding hydrogens is 496 g/mol. The maximum absolute atomic E-state index is 13.2. The number of aromatic nitrogens is 5. The van der Waals surface area contributed by atoms with E-state index in [2.05, 4.69) is 26.8 Å². The van der Waals surface area contributed by atoms with Crippen LogP contribution in [0.5, 0.6) is 0 Å². The molecular formula is C24H28N8O2S2. The molecule has 1 aliphatic heterocycles. The molecule has 5 heterocycles. The zero-order valence-electron chi connectivity index (χ0n) is 20.4. The van der Waals surface area contributed by atoms with E-state index in [9.17, 15) is 8.42 Å². The Bertz CT molecular complexity index is 1590. The molecule has 1 saturated carbocycles. The van der Waals surface area contributed by atoms with Crippen LogP contribution in [0.15, 0.2) is 41.1 Å². The first kappa shape index (κ1) is 23.3. The summed E-state index contributed by atoms with van der Waals surface area (Å²) in [5, 5.41) is 11.8. The zero-order chi connectivity index (χ0) is 25.0. The minimum Gasteiger partial charge on any atom is -0.329 e. The number of hydrogen-bond donors (Lipinski definition) is 2. The number of thiophene rings is 1. The van der Waals surface area contributed by atoms with Crippen LogP contribution >= 0.6 is 11.3 Å². The Morgan fingerprint density at radius 3 is 2.78 bits per heavy atom. The van der Waals surface area contributed by atoms with Crippen LogP contribution in [-0.4, -0.2) is 63.1 Å². The number of aryl methyl sites for hydroxylation is 2. The molecule has 6 rings (SSSR count). The third kappa shape index (κ3) is 4.13. The highest BCUT2D eigenvalue weighted by atomic mass is 32.2. The van der Waals surface area contributed by atoms with Crippen molar-refractivity contribution in [2.75, 3.05) is 25.5 Å². The Balaban J connectivity index is 1.43. The van der Waals surface area contributed by atoms with E-state index in [-0.39, 0.29) is 6.04 Å². The van der Waals surface area contributed by atoms with Crippen LogP contribution in [0.1, 0.15) is 30.5 Å². The predicted octanol–water partition coefficient (Wildman–Crippen LogP) is 3.40. The van der Waals surface area contributed by atoms with E-state index in [1.54, 1.807) is 11.7 Å². The van der Waals surface area contributed by atoms with Gasteiger partial charge in [-0.2, -0.15) is 9.40 Å². The summed E-state index contributed by atoms with van der Waals surface area (Å²) >= 11 is 1.23. The van der Waals surface area contributed by atoms with E-state index in [1.807, 2.05) is 49.2 Å². The van der Waals surface area contributed by atoms with Crippen molar-refractivity contribution in [2.24, 2.45) is 7.05 Å². The summed E-state index contributed by atoms with van der Waals surface area (Å²) in [6, 6.07) is 1.98. The Morgan fingerprint density at radius 1 is 1.25 bits per heavy atom. The van der Waals surface area contributed by atoms with Gasteiger partial charge in [-0.15, -0.1) is 11.3 Å². The third-order valence-corrected chi connectivity index (χ3v) is 10.3. The fourth-order valence-electron chi connectivity index (χ4n) is 4.50. The summed E-state index contributed by atoms with van der Waals surface area (Å²) < 4.78 is 32.0. The molecule has 0 amide bonds. The number of hydrogen-bond acceptors (Lipinski definition) is 8. The van der Waals surface area contributed by atoms with Crippen molar-refractivity contribution in [3.05, 3.63) is 48.2 Å². The number of sulfonamides is 1. The first-order valence-electron chi connectivity index (χ1n) is 11.9. The number of anilines is 2. The van der Waals surface area contributed by atoms with Gasteiger partial charge in [-0.3, -0.25) is 9.08 Å². The Kier molecular flexibility index (Phi) is 5.71. The van der Waals surface area contributed by atoms with Crippen LogP contribution in [-0.2, 0) is 17.1 Å². The van der Waals surface area contributed by atoms with E-state index in [0.717, 1.165) is 60.4 Å². The van der Waals surface area contributed by atoms with Gasteiger partial charge < -0.3 is 10.6 Å². The van der Waals surface area contributed by atoms with E-state index in [4.69, 9.17) is 4.98 Å². The highest BCUT2D eigenvalue weighted by Crippen LogP contribution is 2.38. The first-order chi connectivity index (χ1) is 17.3. The second-order valence-electron chi connectivity index (χ2n) is 9.37. The molecule has 2 N–H and O–H groups in total. The molecule has 36 heavy (non-hydrogen) atoms. The molecule has 0 aromatic carbocycles. The Labute approximate surface area is 213 Å². The molecule has 4 aromatic heterocycles. The molecule has 0 saturated heterocycles. The van der Waals surface area contributed by atoms with Crippen molar-refractivity contribution in [1.29, 1.82) is 0 Å². The van der Waals surface area contributed by atoms with Crippen LogP contribution in [0.25, 0.3) is 22.5 Å². The molecule has 0 spiro atoms. The lowest BCUT2D eigenvalue weighted by molar-refractivity contribution is 0.465. The highest BCUT2D eigenvalue weighted by molar-refractivity contribution is 7.91. The summed E-state index contributed by atoms with van der Waals surface area (Å²) in [6.45, 7) is 3.52. The van der Waals surface area contributed by atoms with Gasteiger partial charge in [0.15, 0.2) is 11.5 Å². The average Bonchev–Trinajstić information content (AvgIpc) is 3.30.